The summed E-state index contributed by atoms with van der Waals surface area (Å²) in [6.45, 7) is 1.44. The molecule has 0 bridgehead atoms. The molecule has 3 heterocycles. The summed E-state index contributed by atoms with van der Waals surface area (Å²) in [6.07, 6.45) is 0. The van der Waals surface area contributed by atoms with Crippen LogP contribution in [-0.2, 0) is 13.1 Å². The van der Waals surface area contributed by atoms with Crippen LogP contribution in [0.25, 0.3) is 21.0 Å². The van der Waals surface area contributed by atoms with Crippen LogP contribution >= 0.6 is 22.9 Å². The highest BCUT2D eigenvalue weighted by atomic mass is 35.5. The highest BCUT2D eigenvalue weighted by molar-refractivity contribution is 7.21. The number of carbonyl (C=O) groups is 1. The minimum atomic E-state index is -0.364. The molecule has 2 aromatic heterocycles. The lowest BCUT2D eigenvalue weighted by Gasteiger charge is -2.27. The highest BCUT2D eigenvalue weighted by Gasteiger charge is 2.26. The van der Waals surface area contributed by atoms with Crippen molar-refractivity contribution in [3.05, 3.63) is 64.7 Å². The van der Waals surface area contributed by atoms with Gasteiger partial charge in [0, 0.05) is 23.7 Å². The Bertz CT molecular complexity index is 1200. The Balaban J connectivity index is 1.43. The summed E-state index contributed by atoms with van der Waals surface area (Å²) in [7, 11) is 0. The second-order valence-corrected chi connectivity index (χ2v) is 7.92. The van der Waals surface area contributed by atoms with Crippen molar-refractivity contribution in [3.8, 4) is 10.8 Å². The number of hydrogen-bond donors (Lipinski definition) is 0. The van der Waals surface area contributed by atoms with Crippen LogP contribution in [0.2, 0.25) is 5.02 Å². The lowest BCUT2D eigenvalue weighted by molar-refractivity contribution is 0.0708. The van der Waals surface area contributed by atoms with Gasteiger partial charge < -0.3 is 9.47 Å². The summed E-state index contributed by atoms with van der Waals surface area (Å²) in [4.78, 5) is 19.0. The summed E-state index contributed by atoms with van der Waals surface area (Å²) < 4.78 is 16.1. The second-order valence-electron chi connectivity index (χ2n) is 6.46. The fraction of sp³-hybridized carbons (Fsp3) is 0.158. The van der Waals surface area contributed by atoms with E-state index in [0.29, 0.717) is 41.9 Å². The SMILES string of the molecule is O=C(c1ccc(F)cc1)N1CCn2c(nnc2-c2nc3ccc(Cl)cc3s2)C1. The van der Waals surface area contributed by atoms with Gasteiger partial charge in [-0.2, -0.15) is 0 Å². The molecule has 5 rings (SSSR count). The molecule has 1 amide bonds. The third-order valence-electron chi connectivity index (χ3n) is 4.67. The first kappa shape index (κ1) is 17.3. The minimum Gasteiger partial charge on any atom is -0.329 e. The average molecular weight is 414 g/mol. The fourth-order valence-corrected chi connectivity index (χ4v) is 4.49. The van der Waals surface area contributed by atoms with Crippen molar-refractivity contribution in [1.29, 1.82) is 0 Å². The molecule has 0 unspecified atom stereocenters. The van der Waals surface area contributed by atoms with Crippen LogP contribution in [0.3, 0.4) is 0 Å². The average Bonchev–Trinajstić information content (AvgIpc) is 3.30. The van der Waals surface area contributed by atoms with Gasteiger partial charge in [0.2, 0.25) is 0 Å². The summed E-state index contributed by atoms with van der Waals surface area (Å²) in [5.74, 6) is 0.886. The van der Waals surface area contributed by atoms with E-state index < -0.39 is 0 Å². The van der Waals surface area contributed by atoms with Gasteiger partial charge >= 0.3 is 0 Å². The van der Waals surface area contributed by atoms with E-state index in [1.54, 1.807) is 4.90 Å². The molecule has 28 heavy (non-hydrogen) atoms. The smallest absolute Gasteiger partial charge is 0.254 e. The topological polar surface area (TPSA) is 63.9 Å². The number of halogens is 2. The largest absolute Gasteiger partial charge is 0.329 e. The van der Waals surface area contributed by atoms with E-state index in [9.17, 15) is 9.18 Å². The maximum Gasteiger partial charge on any atom is 0.254 e. The van der Waals surface area contributed by atoms with Crippen LogP contribution in [0.15, 0.2) is 42.5 Å². The maximum absolute atomic E-state index is 13.1. The third kappa shape index (κ3) is 2.94. The van der Waals surface area contributed by atoms with Crippen molar-refractivity contribution in [2.75, 3.05) is 6.54 Å². The summed E-state index contributed by atoms with van der Waals surface area (Å²) >= 11 is 7.57. The van der Waals surface area contributed by atoms with E-state index in [1.807, 2.05) is 22.8 Å². The molecule has 0 saturated carbocycles. The zero-order chi connectivity index (χ0) is 19.3. The third-order valence-corrected chi connectivity index (χ3v) is 5.92. The Kier molecular flexibility index (Phi) is 4.10. The van der Waals surface area contributed by atoms with Crippen molar-refractivity contribution in [1.82, 2.24) is 24.6 Å². The molecular formula is C19H13ClFN5OS. The van der Waals surface area contributed by atoms with Crippen molar-refractivity contribution in [3.63, 3.8) is 0 Å². The first-order valence-electron chi connectivity index (χ1n) is 8.62. The van der Waals surface area contributed by atoms with Gasteiger partial charge in [-0.15, -0.1) is 21.5 Å². The van der Waals surface area contributed by atoms with Crippen molar-refractivity contribution in [2.45, 2.75) is 13.1 Å². The summed E-state index contributed by atoms with van der Waals surface area (Å²) in [6, 6.07) is 11.1. The normalized spacial score (nSPS) is 13.7. The van der Waals surface area contributed by atoms with E-state index in [0.717, 1.165) is 15.2 Å². The Morgan fingerprint density at radius 2 is 1.93 bits per heavy atom. The number of carbonyl (C=O) groups excluding carboxylic acids is 1. The standard InChI is InChI=1S/C19H13ClFN5OS/c20-12-3-6-14-15(9-12)28-18(22-14)17-24-23-16-10-25(7-8-26(16)17)19(27)11-1-4-13(21)5-2-11/h1-6,9H,7-8,10H2. The Morgan fingerprint density at radius 1 is 1.11 bits per heavy atom. The summed E-state index contributed by atoms with van der Waals surface area (Å²) in [5.41, 5.74) is 1.32. The summed E-state index contributed by atoms with van der Waals surface area (Å²) in [5, 5.41) is 10.0. The zero-order valence-electron chi connectivity index (χ0n) is 14.5. The molecule has 0 aliphatic carbocycles. The van der Waals surface area contributed by atoms with Crippen molar-refractivity contribution >= 4 is 39.1 Å². The molecule has 1 aliphatic heterocycles. The van der Waals surface area contributed by atoms with Gasteiger partial charge in [0.1, 0.15) is 5.82 Å². The van der Waals surface area contributed by atoms with Gasteiger partial charge in [0.25, 0.3) is 5.91 Å². The van der Waals surface area contributed by atoms with Crippen LogP contribution < -0.4 is 0 Å². The predicted molar refractivity (Wildman–Crippen MR) is 105 cm³/mol. The van der Waals surface area contributed by atoms with Gasteiger partial charge in [0.05, 0.1) is 16.8 Å². The molecule has 0 fully saturated rings. The van der Waals surface area contributed by atoms with Gasteiger partial charge in [-0.05, 0) is 42.5 Å². The van der Waals surface area contributed by atoms with Crippen molar-refractivity contribution < 1.29 is 9.18 Å². The molecule has 0 saturated heterocycles. The second kappa shape index (κ2) is 6.65. The predicted octanol–water partition coefficient (Wildman–Crippen LogP) is 4.00. The van der Waals surface area contributed by atoms with Gasteiger partial charge in [-0.3, -0.25) is 4.79 Å². The van der Waals surface area contributed by atoms with E-state index in [2.05, 4.69) is 15.2 Å². The Morgan fingerprint density at radius 3 is 2.75 bits per heavy atom. The number of hydrogen-bond acceptors (Lipinski definition) is 5. The number of aromatic nitrogens is 4. The first-order chi connectivity index (χ1) is 13.6. The molecule has 2 aromatic carbocycles. The molecule has 0 spiro atoms. The quantitative estimate of drug-likeness (QED) is 0.498. The number of benzene rings is 2. The lowest BCUT2D eigenvalue weighted by atomic mass is 10.2. The molecule has 9 heteroatoms. The van der Waals surface area contributed by atoms with Gasteiger partial charge in [-0.1, -0.05) is 11.6 Å². The zero-order valence-corrected chi connectivity index (χ0v) is 16.0. The van der Waals surface area contributed by atoms with E-state index in [1.165, 1.54) is 35.6 Å². The van der Waals surface area contributed by atoms with Gasteiger partial charge in [-0.25, -0.2) is 9.37 Å². The number of thiazole rings is 1. The molecule has 6 nitrogen and oxygen atoms in total. The number of nitrogens with zero attached hydrogens (tertiary/aromatic N) is 5. The Labute approximate surface area is 168 Å². The highest BCUT2D eigenvalue weighted by Crippen LogP contribution is 2.32. The Hall–Kier alpha value is -2.84. The molecule has 140 valence electrons. The minimum absolute atomic E-state index is 0.148. The van der Waals surface area contributed by atoms with Crippen LogP contribution in [0.4, 0.5) is 4.39 Å². The van der Waals surface area contributed by atoms with Crippen LogP contribution in [0.5, 0.6) is 0 Å². The molecule has 4 aromatic rings. The van der Waals surface area contributed by atoms with E-state index in [4.69, 9.17) is 11.6 Å². The lowest BCUT2D eigenvalue weighted by Crippen LogP contribution is -2.38. The molecular weight excluding hydrogens is 401 g/mol. The van der Waals surface area contributed by atoms with E-state index in [-0.39, 0.29) is 11.7 Å². The van der Waals surface area contributed by atoms with Crippen LogP contribution in [0, 0.1) is 5.82 Å². The molecule has 0 radical (unpaired) electrons. The fourth-order valence-electron chi connectivity index (χ4n) is 3.26. The van der Waals surface area contributed by atoms with Crippen LogP contribution in [0.1, 0.15) is 16.2 Å². The first-order valence-corrected chi connectivity index (χ1v) is 9.81. The monoisotopic (exact) mass is 413 g/mol. The van der Waals surface area contributed by atoms with Gasteiger partial charge in [0.15, 0.2) is 16.7 Å². The number of amides is 1. The van der Waals surface area contributed by atoms with E-state index >= 15 is 0 Å². The maximum atomic E-state index is 13.1. The molecule has 0 atom stereocenters. The number of fused-ring (bicyclic) bond motifs is 2. The van der Waals surface area contributed by atoms with Crippen LogP contribution in [-0.4, -0.2) is 37.1 Å². The van der Waals surface area contributed by atoms with Crippen molar-refractivity contribution in [2.24, 2.45) is 0 Å². The number of rotatable bonds is 2. The molecule has 1 aliphatic rings. The molecule has 0 N–H and O–H groups in total.